The Kier molecular flexibility index (Phi) is 5.19. The number of hydrogen-bond acceptors (Lipinski definition) is 2. The van der Waals surface area contributed by atoms with E-state index in [1.54, 1.807) is 0 Å². The third-order valence-electron chi connectivity index (χ3n) is 13.6. The van der Waals surface area contributed by atoms with E-state index in [-0.39, 0.29) is 23.5 Å². The monoisotopic (exact) mass is 442 g/mol. The molecule has 0 aliphatic heterocycles. The van der Waals surface area contributed by atoms with Gasteiger partial charge >= 0.3 is 0 Å². The summed E-state index contributed by atoms with van der Waals surface area (Å²) in [6.45, 7) is 19.6. The highest BCUT2D eigenvalue weighted by Gasteiger charge is 2.70. The van der Waals surface area contributed by atoms with E-state index < -0.39 is 0 Å². The summed E-state index contributed by atoms with van der Waals surface area (Å²) in [5.74, 6) is 3.51. The summed E-state index contributed by atoms with van der Waals surface area (Å²) in [7, 11) is 0. The van der Waals surface area contributed by atoms with Gasteiger partial charge in [0, 0.05) is 5.41 Å². The van der Waals surface area contributed by atoms with Crippen molar-refractivity contribution in [1.29, 1.82) is 0 Å². The predicted octanol–water partition coefficient (Wildman–Crippen LogP) is 7.00. The van der Waals surface area contributed by atoms with Crippen LogP contribution in [0.25, 0.3) is 0 Å². The van der Waals surface area contributed by atoms with Crippen LogP contribution in [0, 0.1) is 56.7 Å². The lowest BCUT2D eigenvalue weighted by Crippen LogP contribution is -2.67. The average Bonchev–Trinajstić information content (AvgIpc) is 3.09. The molecule has 0 amide bonds. The quantitative estimate of drug-likeness (QED) is 0.452. The van der Waals surface area contributed by atoms with E-state index in [0.29, 0.717) is 28.1 Å². The van der Waals surface area contributed by atoms with Gasteiger partial charge in [-0.2, -0.15) is 0 Å². The molecule has 32 heavy (non-hydrogen) atoms. The molecule has 0 aromatic rings. The van der Waals surface area contributed by atoms with Gasteiger partial charge < -0.3 is 10.2 Å². The molecule has 2 heteroatoms. The maximum absolute atomic E-state index is 10.9. The Hall–Kier alpha value is -0.340. The molecule has 11 atom stereocenters. The Morgan fingerprint density at radius 2 is 1.53 bits per heavy atom. The van der Waals surface area contributed by atoms with E-state index in [1.807, 2.05) is 0 Å². The van der Waals surface area contributed by atoms with Crippen LogP contribution in [0.3, 0.4) is 0 Å². The van der Waals surface area contributed by atoms with Crippen LogP contribution in [0.5, 0.6) is 0 Å². The first-order chi connectivity index (χ1) is 14.9. The van der Waals surface area contributed by atoms with Crippen LogP contribution < -0.4 is 0 Å². The van der Waals surface area contributed by atoms with Gasteiger partial charge in [-0.25, -0.2) is 0 Å². The highest BCUT2D eigenvalue weighted by Crippen LogP contribution is 2.77. The molecular formula is C30H50O2. The van der Waals surface area contributed by atoms with Gasteiger partial charge in [0.25, 0.3) is 0 Å². The molecule has 0 spiro atoms. The van der Waals surface area contributed by atoms with E-state index in [4.69, 9.17) is 0 Å². The first-order valence-electron chi connectivity index (χ1n) is 13.8. The highest BCUT2D eigenvalue weighted by atomic mass is 16.3. The molecule has 0 bridgehead atoms. The zero-order valence-electron chi connectivity index (χ0n) is 21.8. The van der Waals surface area contributed by atoms with Gasteiger partial charge in [-0.1, -0.05) is 46.8 Å². The molecule has 5 saturated carbocycles. The minimum atomic E-state index is -0.355. The van der Waals surface area contributed by atoms with Gasteiger partial charge in [0.05, 0.1) is 12.7 Å². The molecule has 0 aromatic carbocycles. The van der Waals surface area contributed by atoms with Crippen LogP contribution >= 0.6 is 0 Å². The topological polar surface area (TPSA) is 40.5 Å². The van der Waals surface area contributed by atoms with Crippen molar-refractivity contribution in [1.82, 2.24) is 0 Å². The number of hydrogen-bond donors (Lipinski definition) is 2. The fourth-order valence-corrected chi connectivity index (χ4v) is 11.5. The minimum Gasteiger partial charge on any atom is -0.396 e. The second-order valence-corrected chi connectivity index (χ2v) is 14.6. The van der Waals surface area contributed by atoms with Gasteiger partial charge in [0.1, 0.15) is 0 Å². The minimum absolute atomic E-state index is 0.123. The van der Waals surface area contributed by atoms with E-state index in [9.17, 15) is 10.2 Å². The van der Waals surface area contributed by atoms with Crippen molar-refractivity contribution in [2.45, 2.75) is 112 Å². The summed E-state index contributed by atoms with van der Waals surface area (Å²) >= 11 is 0. The van der Waals surface area contributed by atoms with E-state index in [1.165, 1.54) is 56.9 Å². The van der Waals surface area contributed by atoms with Gasteiger partial charge in [0.15, 0.2) is 0 Å². The number of rotatable bonds is 2. The lowest BCUT2D eigenvalue weighted by atomic mass is 9.32. The maximum Gasteiger partial charge on any atom is 0.0618 e. The fraction of sp³-hybridized carbons (Fsp3) is 0.933. The molecular weight excluding hydrogens is 392 g/mol. The Bertz CT molecular complexity index is 790. The van der Waals surface area contributed by atoms with Gasteiger partial charge in [-0.3, -0.25) is 0 Å². The number of allylic oxidation sites excluding steroid dienone is 1. The van der Waals surface area contributed by atoms with Crippen LogP contribution in [0.4, 0.5) is 0 Å². The molecule has 0 aromatic heterocycles. The first-order valence-corrected chi connectivity index (χ1v) is 13.8. The summed E-state index contributed by atoms with van der Waals surface area (Å²) in [5.41, 5.74) is 2.62. The van der Waals surface area contributed by atoms with Gasteiger partial charge in [-0.15, -0.1) is 0 Å². The highest BCUT2D eigenvalue weighted by molar-refractivity contribution is 5.21. The van der Waals surface area contributed by atoms with E-state index in [0.717, 1.165) is 30.6 Å². The molecule has 5 rings (SSSR count). The van der Waals surface area contributed by atoms with Gasteiger partial charge in [-0.05, 0) is 122 Å². The third kappa shape index (κ3) is 2.66. The van der Waals surface area contributed by atoms with Crippen LogP contribution in [-0.2, 0) is 0 Å². The fourth-order valence-electron chi connectivity index (χ4n) is 11.5. The second kappa shape index (κ2) is 7.09. The van der Waals surface area contributed by atoms with E-state index in [2.05, 4.69) is 48.1 Å². The zero-order chi connectivity index (χ0) is 23.3. The number of fused-ring (bicyclic) bond motifs is 7. The van der Waals surface area contributed by atoms with Crippen molar-refractivity contribution in [3.05, 3.63) is 12.2 Å². The molecule has 0 radical (unpaired) electrons. The van der Waals surface area contributed by atoms with Gasteiger partial charge in [0.2, 0.25) is 0 Å². The van der Waals surface area contributed by atoms with Crippen molar-refractivity contribution in [2.75, 3.05) is 6.61 Å². The Balaban J connectivity index is 1.54. The predicted molar refractivity (Wildman–Crippen MR) is 132 cm³/mol. The lowest BCUT2D eigenvalue weighted by Gasteiger charge is -2.73. The van der Waals surface area contributed by atoms with Crippen LogP contribution in [0.15, 0.2) is 12.2 Å². The van der Waals surface area contributed by atoms with Crippen molar-refractivity contribution in [3.8, 4) is 0 Å². The van der Waals surface area contributed by atoms with Crippen LogP contribution in [0.1, 0.15) is 106 Å². The normalized spacial score (nSPS) is 59.5. The Morgan fingerprint density at radius 1 is 0.812 bits per heavy atom. The molecule has 182 valence electrons. The second-order valence-electron chi connectivity index (χ2n) is 14.6. The number of aliphatic hydroxyl groups excluding tert-OH is 2. The smallest absolute Gasteiger partial charge is 0.0618 e. The molecule has 0 unspecified atom stereocenters. The standard InChI is InChI=1S/C30H50O2/c1-19(2)20-10-13-26(3)16-17-29(6)21(25(20)26)8-9-23-27(4)14-12-24(32)28(5,18-31)22(27)11-15-30(23,29)7/h20-25,31-32H,1,8-18H2,2-7H3/t20-,21+,22+,23+,24+,25-,26+,27-,28+,29+,30+/m0/s1. The van der Waals surface area contributed by atoms with Crippen molar-refractivity contribution in [2.24, 2.45) is 56.7 Å². The molecule has 0 saturated heterocycles. The van der Waals surface area contributed by atoms with Crippen molar-refractivity contribution in [3.63, 3.8) is 0 Å². The van der Waals surface area contributed by atoms with Crippen molar-refractivity contribution >= 4 is 0 Å². The molecule has 2 nitrogen and oxygen atoms in total. The lowest BCUT2D eigenvalue weighted by molar-refractivity contribution is -0.253. The molecule has 2 N–H and O–H groups in total. The van der Waals surface area contributed by atoms with Crippen LogP contribution in [-0.4, -0.2) is 22.9 Å². The Morgan fingerprint density at radius 3 is 2.19 bits per heavy atom. The third-order valence-corrected chi connectivity index (χ3v) is 13.6. The summed E-state index contributed by atoms with van der Waals surface area (Å²) in [6, 6.07) is 0. The summed E-state index contributed by atoms with van der Waals surface area (Å²) < 4.78 is 0. The summed E-state index contributed by atoms with van der Waals surface area (Å²) in [5, 5.41) is 21.3. The summed E-state index contributed by atoms with van der Waals surface area (Å²) in [4.78, 5) is 0. The molecule has 5 aliphatic carbocycles. The average molecular weight is 443 g/mol. The number of aliphatic hydroxyl groups is 2. The SMILES string of the molecule is C=C(C)[C@@H]1CC[C@]2(C)CC[C@]3(C)[C@H](CC[C@@H]4[C@@]5(C)CC[C@@H](O)[C@](C)(CO)[C@@H]5CC[C@]43C)[C@H]12. The van der Waals surface area contributed by atoms with Crippen molar-refractivity contribution < 1.29 is 10.2 Å². The first kappa shape index (κ1) is 23.4. The molecule has 5 fully saturated rings. The van der Waals surface area contributed by atoms with Crippen LogP contribution in [0.2, 0.25) is 0 Å². The zero-order valence-corrected chi connectivity index (χ0v) is 21.8. The largest absolute Gasteiger partial charge is 0.396 e. The molecule has 0 heterocycles. The Labute approximate surface area is 197 Å². The molecule has 5 aliphatic rings. The maximum atomic E-state index is 10.9. The summed E-state index contributed by atoms with van der Waals surface area (Å²) in [6.07, 6.45) is 12.3. The van der Waals surface area contributed by atoms with E-state index >= 15 is 0 Å².